The van der Waals surface area contributed by atoms with E-state index in [0.29, 0.717) is 25.0 Å². The van der Waals surface area contributed by atoms with Gasteiger partial charge < -0.3 is 9.57 Å². The maximum Gasteiger partial charge on any atom is 0.339 e. The Kier molecular flexibility index (Phi) is 8.87. The number of carbonyl (C=O) groups excluding carboxylic acids is 1. The first kappa shape index (κ1) is 25.2. The highest BCUT2D eigenvalue weighted by Gasteiger charge is 2.22. The van der Waals surface area contributed by atoms with Gasteiger partial charge in [-0.2, -0.15) is 0 Å². The molecule has 36 heavy (non-hydrogen) atoms. The number of aryl methyl sites for hydroxylation is 2. The molecule has 4 nitrogen and oxygen atoms in total. The van der Waals surface area contributed by atoms with Crippen LogP contribution in [0.15, 0.2) is 102 Å². The summed E-state index contributed by atoms with van der Waals surface area (Å²) in [5, 5.41) is 4.45. The zero-order valence-electron chi connectivity index (χ0n) is 21.0. The molecule has 0 fully saturated rings. The first-order valence-electron chi connectivity index (χ1n) is 12.5. The van der Waals surface area contributed by atoms with Crippen LogP contribution in [0.3, 0.4) is 0 Å². The molecular weight excluding hydrogens is 446 g/mol. The van der Waals surface area contributed by atoms with Crippen molar-refractivity contribution in [3.05, 3.63) is 130 Å². The van der Waals surface area contributed by atoms with Gasteiger partial charge in [0.15, 0.2) is 0 Å². The summed E-state index contributed by atoms with van der Waals surface area (Å²) in [5.74, 6) is -0.310. The second-order valence-corrected chi connectivity index (χ2v) is 9.13. The van der Waals surface area contributed by atoms with Gasteiger partial charge in [0.2, 0.25) is 0 Å². The normalized spacial score (nSPS) is 19.6. The summed E-state index contributed by atoms with van der Waals surface area (Å²) >= 11 is 0. The fraction of sp³-hybridized carbons (Fsp3) is 0.250. The van der Waals surface area contributed by atoms with Gasteiger partial charge >= 0.3 is 5.97 Å². The van der Waals surface area contributed by atoms with Crippen LogP contribution < -0.4 is 0 Å². The van der Waals surface area contributed by atoms with Gasteiger partial charge in [0.25, 0.3) is 0 Å². The Labute approximate surface area is 214 Å². The van der Waals surface area contributed by atoms with Crippen molar-refractivity contribution >= 4 is 11.7 Å². The molecule has 0 saturated carbocycles. The Morgan fingerprint density at radius 1 is 0.917 bits per heavy atom. The summed E-state index contributed by atoms with van der Waals surface area (Å²) in [6, 6.07) is 24.0. The van der Waals surface area contributed by atoms with E-state index in [1.807, 2.05) is 92.7 Å². The number of rotatable bonds is 4. The van der Waals surface area contributed by atoms with Crippen LogP contribution in [0.5, 0.6) is 0 Å². The van der Waals surface area contributed by atoms with Crippen molar-refractivity contribution in [1.29, 1.82) is 0 Å². The molecule has 0 spiro atoms. The van der Waals surface area contributed by atoms with Crippen LogP contribution in [-0.2, 0) is 22.6 Å². The van der Waals surface area contributed by atoms with E-state index in [9.17, 15) is 4.79 Å². The molecule has 0 saturated heterocycles. The summed E-state index contributed by atoms with van der Waals surface area (Å²) < 4.78 is 6.12. The summed E-state index contributed by atoms with van der Waals surface area (Å²) in [6.45, 7) is 4.40. The van der Waals surface area contributed by atoms with Crippen LogP contribution in [0.4, 0.5) is 0 Å². The summed E-state index contributed by atoms with van der Waals surface area (Å²) in [4.78, 5) is 19.3. The maximum atomic E-state index is 13.6. The number of carbonyl (C=O) groups is 1. The quantitative estimate of drug-likeness (QED) is 0.220. The Morgan fingerprint density at radius 2 is 1.64 bits per heavy atom. The van der Waals surface area contributed by atoms with E-state index >= 15 is 0 Å². The van der Waals surface area contributed by atoms with Crippen molar-refractivity contribution in [3.8, 4) is 0 Å². The van der Waals surface area contributed by atoms with Crippen molar-refractivity contribution in [1.82, 2.24) is 0 Å². The number of allylic oxidation sites excluding steroid dienone is 3. The van der Waals surface area contributed by atoms with Crippen LogP contribution in [0.2, 0.25) is 0 Å². The van der Waals surface area contributed by atoms with Gasteiger partial charge in [0.1, 0.15) is 12.7 Å². The van der Waals surface area contributed by atoms with Crippen LogP contribution in [-0.4, -0.2) is 11.7 Å². The molecule has 0 aliphatic carbocycles. The van der Waals surface area contributed by atoms with Gasteiger partial charge in [-0.3, -0.25) is 0 Å². The summed E-state index contributed by atoms with van der Waals surface area (Å²) in [5.41, 5.74) is 6.31. The first-order valence-corrected chi connectivity index (χ1v) is 12.5. The molecule has 3 aromatic rings. The van der Waals surface area contributed by atoms with E-state index in [1.165, 1.54) is 0 Å². The molecule has 1 aliphatic heterocycles. The SMILES string of the molecule is Cc1cc(C)c2c(c1)CC(=NOCc1ccccc1)/C=C/CC/C=C/C[C@H](c1ccccc1)OC2=O. The molecule has 0 unspecified atom stereocenters. The van der Waals surface area contributed by atoms with Gasteiger partial charge in [0, 0.05) is 12.8 Å². The van der Waals surface area contributed by atoms with Crippen LogP contribution in [0, 0.1) is 13.8 Å². The molecular formula is C32H33NO3. The zero-order valence-corrected chi connectivity index (χ0v) is 21.0. The van der Waals surface area contributed by atoms with Crippen molar-refractivity contribution in [2.24, 2.45) is 5.16 Å². The van der Waals surface area contributed by atoms with Gasteiger partial charge in [0.05, 0.1) is 11.3 Å². The van der Waals surface area contributed by atoms with Crippen LogP contribution in [0.25, 0.3) is 0 Å². The minimum atomic E-state index is -0.343. The Hall–Kier alpha value is -3.92. The fourth-order valence-corrected chi connectivity index (χ4v) is 4.43. The third-order valence-electron chi connectivity index (χ3n) is 6.14. The smallest absolute Gasteiger partial charge is 0.339 e. The summed E-state index contributed by atoms with van der Waals surface area (Å²) in [7, 11) is 0. The minimum absolute atomic E-state index is 0.310. The standard InChI is InChI=1S/C32H33NO3/c1-24-20-25(2)31-28(21-24)22-29(33-35-23-26-14-8-6-9-15-26)18-12-4-3-5-13-19-30(36-32(31)34)27-16-10-7-11-17-27/h5-18,20-21,30H,3-4,19,22-23H2,1-2H3/b13-5+,18-12+,33-29?/t30-/m1/s1. The number of ether oxygens (including phenoxy) is 1. The van der Waals surface area contributed by atoms with E-state index in [4.69, 9.17) is 9.57 Å². The van der Waals surface area contributed by atoms with E-state index in [0.717, 1.165) is 46.4 Å². The van der Waals surface area contributed by atoms with Crippen molar-refractivity contribution in [2.75, 3.05) is 0 Å². The molecule has 0 N–H and O–H groups in total. The molecule has 1 heterocycles. The molecule has 1 atom stereocenters. The third-order valence-corrected chi connectivity index (χ3v) is 6.14. The van der Waals surface area contributed by atoms with Crippen LogP contribution >= 0.6 is 0 Å². The highest BCUT2D eigenvalue weighted by atomic mass is 16.6. The van der Waals surface area contributed by atoms with Crippen molar-refractivity contribution < 1.29 is 14.4 Å². The lowest BCUT2D eigenvalue weighted by atomic mass is 9.94. The fourth-order valence-electron chi connectivity index (χ4n) is 4.43. The monoisotopic (exact) mass is 479 g/mol. The zero-order chi connectivity index (χ0) is 25.2. The summed E-state index contributed by atoms with van der Waals surface area (Å²) in [6.07, 6.45) is 10.9. The Balaban J connectivity index is 1.66. The third kappa shape index (κ3) is 7.05. The molecule has 0 radical (unpaired) electrons. The lowest BCUT2D eigenvalue weighted by Gasteiger charge is -2.20. The largest absolute Gasteiger partial charge is 0.454 e. The molecule has 0 amide bonds. The number of benzene rings is 3. The van der Waals surface area contributed by atoms with Crippen LogP contribution in [0.1, 0.15) is 63.5 Å². The highest BCUT2D eigenvalue weighted by Crippen LogP contribution is 2.27. The topological polar surface area (TPSA) is 47.9 Å². The number of fused-ring (bicyclic) bond motifs is 1. The predicted molar refractivity (Wildman–Crippen MR) is 145 cm³/mol. The Bertz CT molecular complexity index is 1240. The number of cyclic esters (lactones) is 1. The average Bonchev–Trinajstić information content (AvgIpc) is 2.87. The number of hydrogen-bond donors (Lipinski definition) is 0. The number of oxime groups is 1. The molecule has 0 aromatic heterocycles. The average molecular weight is 480 g/mol. The van der Waals surface area contributed by atoms with E-state index in [1.54, 1.807) is 0 Å². The first-order chi connectivity index (χ1) is 17.6. The minimum Gasteiger partial charge on any atom is -0.454 e. The lowest BCUT2D eigenvalue weighted by molar-refractivity contribution is 0.0301. The predicted octanol–water partition coefficient (Wildman–Crippen LogP) is 7.61. The van der Waals surface area contributed by atoms with E-state index in [2.05, 4.69) is 23.4 Å². The van der Waals surface area contributed by atoms with Gasteiger partial charge in [-0.15, -0.1) is 0 Å². The van der Waals surface area contributed by atoms with Gasteiger partial charge in [-0.05, 0) is 55.0 Å². The van der Waals surface area contributed by atoms with Crippen molar-refractivity contribution in [2.45, 2.75) is 52.2 Å². The molecule has 4 heteroatoms. The molecule has 0 bridgehead atoms. The highest BCUT2D eigenvalue weighted by molar-refractivity contribution is 6.00. The Morgan fingerprint density at radius 3 is 2.42 bits per heavy atom. The van der Waals surface area contributed by atoms with E-state index in [-0.39, 0.29) is 12.1 Å². The van der Waals surface area contributed by atoms with Gasteiger partial charge in [-0.25, -0.2) is 4.79 Å². The van der Waals surface area contributed by atoms with E-state index < -0.39 is 0 Å². The molecule has 4 rings (SSSR count). The second kappa shape index (κ2) is 12.7. The van der Waals surface area contributed by atoms with Crippen molar-refractivity contribution in [3.63, 3.8) is 0 Å². The molecule has 184 valence electrons. The molecule has 1 aliphatic rings. The second-order valence-electron chi connectivity index (χ2n) is 9.13. The van der Waals surface area contributed by atoms with Gasteiger partial charge in [-0.1, -0.05) is 102 Å². The molecule has 3 aromatic carbocycles. The number of esters is 1. The number of nitrogens with zero attached hydrogens (tertiary/aromatic N) is 1. The number of hydrogen-bond acceptors (Lipinski definition) is 4. The lowest BCUT2D eigenvalue weighted by Crippen LogP contribution is -2.16. The maximum absolute atomic E-state index is 13.6.